The molecule has 5 aromatic rings. The molecule has 7 heterocycles. The van der Waals surface area contributed by atoms with Gasteiger partial charge >= 0.3 is 10.2 Å². The van der Waals surface area contributed by atoms with Crippen molar-refractivity contribution >= 4 is 55.9 Å². The van der Waals surface area contributed by atoms with Crippen LogP contribution in [0.1, 0.15) is 66.4 Å². The average Bonchev–Trinajstić information content (AvgIpc) is 3.95. The van der Waals surface area contributed by atoms with Crippen molar-refractivity contribution < 1.29 is 36.3 Å². The summed E-state index contributed by atoms with van der Waals surface area (Å²) in [5.41, 5.74) is 3.93. The van der Waals surface area contributed by atoms with Crippen LogP contribution in [0.4, 0.5) is 25.8 Å². The molecule has 17 nitrogen and oxygen atoms in total. The first-order valence-corrected chi connectivity index (χ1v) is 25.6. The molecule has 6 aliphatic heterocycles. The fraction of sp³-hybridized carbons (Fsp3) is 0.412. The normalized spacial score (nSPS) is 21.9. The van der Waals surface area contributed by atoms with Crippen LogP contribution in [0.15, 0.2) is 83.9 Å². The average molecular weight is 987 g/mol. The summed E-state index contributed by atoms with van der Waals surface area (Å²) in [5.74, 6) is -1.67. The van der Waals surface area contributed by atoms with Crippen molar-refractivity contribution in [2.24, 2.45) is 11.3 Å². The van der Waals surface area contributed by atoms with Crippen LogP contribution in [0.2, 0.25) is 0 Å². The van der Waals surface area contributed by atoms with Gasteiger partial charge in [-0.15, -0.1) is 0 Å². The van der Waals surface area contributed by atoms with E-state index in [1.165, 1.54) is 29.1 Å². The Labute approximate surface area is 408 Å². The third-order valence-electron chi connectivity index (χ3n) is 15.3. The van der Waals surface area contributed by atoms with Crippen molar-refractivity contribution in [1.29, 1.82) is 5.26 Å². The minimum Gasteiger partial charge on any atom is -0.453 e. The minimum absolute atomic E-state index is 0.0232. The molecule has 0 saturated carbocycles. The number of nitriles is 1. The van der Waals surface area contributed by atoms with Crippen molar-refractivity contribution in [2.45, 2.75) is 63.7 Å². The number of carbonyl (C=O) groups excluding carboxylic acids is 3. The zero-order valence-corrected chi connectivity index (χ0v) is 39.7. The molecule has 1 aromatic heterocycles. The summed E-state index contributed by atoms with van der Waals surface area (Å²) < 4.78 is 65.3. The summed E-state index contributed by atoms with van der Waals surface area (Å²) in [6.07, 6.45) is 5.25. The van der Waals surface area contributed by atoms with Gasteiger partial charge in [0, 0.05) is 81.1 Å². The van der Waals surface area contributed by atoms with E-state index in [1.807, 2.05) is 42.5 Å². The van der Waals surface area contributed by atoms with Crippen molar-refractivity contribution in [1.82, 2.24) is 29.0 Å². The van der Waals surface area contributed by atoms with Gasteiger partial charge in [-0.05, 0) is 136 Å². The van der Waals surface area contributed by atoms with Crippen LogP contribution in [0.3, 0.4) is 0 Å². The van der Waals surface area contributed by atoms with Gasteiger partial charge in [-0.2, -0.15) is 18.0 Å². The highest BCUT2D eigenvalue weighted by atomic mass is 32.2. The number of fused-ring (bicyclic) bond motifs is 2. The molecule has 368 valence electrons. The fourth-order valence-corrected chi connectivity index (χ4v) is 12.5. The molecule has 5 saturated heterocycles. The maximum atomic E-state index is 15.2. The van der Waals surface area contributed by atoms with Gasteiger partial charge in [0.05, 0.1) is 22.3 Å². The zero-order valence-electron chi connectivity index (χ0n) is 38.9. The number of alkyl halides is 1. The fourth-order valence-electron chi connectivity index (χ4n) is 11.2. The third-order valence-corrected chi connectivity index (χ3v) is 16.8. The van der Waals surface area contributed by atoms with Crippen molar-refractivity contribution in [3.05, 3.63) is 112 Å². The SMILES string of the molecule is N#Cc1c(NS(=O)(=O)N2CC[C@@H](F)C2)ccc(F)c1Oc1ccc2ncn(-c3ccc(N4CC5(CCN(CC6CCN(c7ccc8c(c7)CN([C@H]7CCC(=O)NC7=O)C8=O)CC6)CC5)C4)cc3)c(=O)c2c1. The topological polar surface area (TPSA) is 194 Å². The van der Waals surface area contributed by atoms with E-state index in [4.69, 9.17) is 4.74 Å². The molecule has 2 atom stereocenters. The molecule has 71 heavy (non-hydrogen) atoms. The lowest BCUT2D eigenvalue weighted by molar-refractivity contribution is -0.136. The first-order valence-electron chi connectivity index (χ1n) is 24.2. The second-order valence-corrected chi connectivity index (χ2v) is 21.5. The Morgan fingerprint density at radius 3 is 2.32 bits per heavy atom. The molecule has 0 radical (unpaired) electrons. The van der Waals surface area contributed by atoms with Gasteiger partial charge in [-0.3, -0.25) is 33.8 Å². The van der Waals surface area contributed by atoms with E-state index in [-0.39, 0.29) is 60.0 Å². The van der Waals surface area contributed by atoms with E-state index in [9.17, 15) is 37.2 Å². The first kappa shape index (κ1) is 46.4. The van der Waals surface area contributed by atoms with Crippen molar-refractivity contribution in [2.75, 3.05) is 73.4 Å². The van der Waals surface area contributed by atoms with Crippen LogP contribution in [-0.4, -0.2) is 121 Å². The highest BCUT2D eigenvalue weighted by Crippen LogP contribution is 2.43. The van der Waals surface area contributed by atoms with E-state index in [2.05, 4.69) is 35.8 Å². The number of carbonyl (C=O) groups is 3. The van der Waals surface area contributed by atoms with Crippen LogP contribution in [-0.2, 0) is 26.3 Å². The number of rotatable bonds is 11. The number of imide groups is 1. The number of aromatic nitrogens is 2. The minimum atomic E-state index is -4.24. The molecule has 1 spiro atoms. The standard InChI is InChI=1S/C51H52F2N10O7S/c52-34-15-20-61(28-34)71(68,69)57-44-10-8-42(53)47(41(44)25-54)70-38-6-9-43-40(24-38)50(67)63(31-55-43)36-3-1-35(2-4-36)60-29-51(30-60)16-21-58(22-17-51)26-32-13-18-59(19-14-32)37-5-7-39-33(23-37)27-62(49(39)66)45-11-12-46(64)56-48(45)65/h1-10,23-24,31-32,34,45,57H,11-22,26-30H2,(H,56,64,65)/t34-,45+/m1/s1. The zero-order chi connectivity index (χ0) is 49.2. The Morgan fingerprint density at radius 1 is 0.859 bits per heavy atom. The maximum absolute atomic E-state index is 15.2. The van der Waals surface area contributed by atoms with Gasteiger partial charge in [-0.1, -0.05) is 0 Å². The van der Waals surface area contributed by atoms with Crippen LogP contribution < -0.4 is 30.1 Å². The Kier molecular flexibility index (Phi) is 12.0. The Morgan fingerprint density at radius 2 is 1.61 bits per heavy atom. The van der Waals surface area contributed by atoms with E-state index in [0.717, 1.165) is 105 Å². The summed E-state index contributed by atoms with van der Waals surface area (Å²) in [6, 6.07) is 21.4. The summed E-state index contributed by atoms with van der Waals surface area (Å²) in [6.45, 7) is 7.09. The quantitative estimate of drug-likeness (QED) is 0.159. The second-order valence-electron chi connectivity index (χ2n) is 19.8. The lowest BCUT2D eigenvalue weighted by Gasteiger charge is -2.55. The van der Waals surface area contributed by atoms with Gasteiger partial charge in [0.2, 0.25) is 11.8 Å². The number of anilines is 3. The molecule has 0 bridgehead atoms. The Hall–Kier alpha value is -6.95. The number of amides is 3. The van der Waals surface area contributed by atoms with E-state index < -0.39 is 51.0 Å². The predicted octanol–water partition coefficient (Wildman–Crippen LogP) is 5.47. The predicted molar refractivity (Wildman–Crippen MR) is 260 cm³/mol. The van der Waals surface area contributed by atoms with Gasteiger partial charge in [0.15, 0.2) is 11.6 Å². The lowest BCUT2D eigenvalue weighted by atomic mass is 9.71. The van der Waals surface area contributed by atoms with Gasteiger partial charge < -0.3 is 24.3 Å². The van der Waals surface area contributed by atoms with Gasteiger partial charge in [0.1, 0.15) is 35.9 Å². The van der Waals surface area contributed by atoms with E-state index in [0.29, 0.717) is 35.7 Å². The number of halogens is 2. The number of hydrogen-bond donors (Lipinski definition) is 2. The van der Waals surface area contributed by atoms with Gasteiger partial charge in [-0.25, -0.2) is 13.8 Å². The molecular weight excluding hydrogens is 935 g/mol. The number of benzene rings is 4. The summed E-state index contributed by atoms with van der Waals surface area (Å²) in [5, 5.41) is 12.5. The Balaban J connectivity index is 0.668. The molecule has 20 heteroatoms. The number of piperidine rings is 3. The number of hydrogen-bond acceptors (Lipinski definition) is 12. The smallest absolute Gasteiger partial charge is 0.301 e. The highest BCUT2D eigenvalue weighted by Gasteiger charge is 2.45. The monoisotopic (exact) mass is 986 g/mol. The first-order chi connectivity index (χ1) is 34.2. The van der Waals surface area contributed by atoms with Crippen LogP contribution in [0, 0.1) is 28.5 Å². The summed E-state index contributed by atoms with van der Waals surface area (Å²) in [7, 11) is -4.24. The van der Waals surface area contributed by atoms with E-state index >= 15 is 4.39 Å². The molecule has 5 fully saturated rings. The maximum Gasteiger partial charge on any atom is 0.301 e. The number of likely N-dealkylation sites (tertiary alicyclic amines) is 1. The van der Waals surface area contributed by atoms with Crippen LogP contribution in [0.5, 0.6) is 11.5 Å². The molecule has 0 aliphatic carbocycles. The number of nitrogens with one attached hydrogen (secondary N) is 2. The molecule has 2 N–H and O–H groups in total. The van der Waals surface area contributed by atoms with E-state index in [1.54, 1.807) is 4.90 Å². The molecule has 0 unspecified atom stereocenters. The molecule has 4 aromatic carbocycles. The largest absolute Gasteiger partial charge is 0.453 e. The lowest BCUT2D eigenvalue weighted by Crippen LogP contribution is -2.60. The van der Waals surface area contributed by atoms with Crippen LogP contribution >= 0.6 is 0 Å². The molecule has 11 rings (SSSR count). The molecule has 6 aliphatic rings. The summed E-state index contributed by atoms with van der Waals surface area (Å²) in [4.78, 5) is 64.7. The number of nitrogens with zero attached hydrogens (tertiary/aromatic N) is 8. The third kappa shape index (κ3) is 8.95. The molecule has 3 amide bonds. The van der Waals surface area contributed by atoms with Crippen molar-refractivity contribution in [3.63, 3.8) is 0 Å². The van der Waals surface area contributed by atoms with Crippen LogP contribution in [0.25, 0.3) is 16.6 Å². The highest BCUT2D eigenvalue weighted by molar-refractivity contribution is 7.90. The summed E-state index contributed by atoms with van der Waals surface area (Å²) >= 11 is 0. The van der Waals surface area contributed by atoms with Gasteiger partial charge in [0.25, 0.3) is 11.5 Å². The van der Waals surface area contributed by atoms with Crippen molar-refractivity contribution in [3.8, 4) is 23.3 Å². The second kappa shape index (κ2) is 18.3. The molecular formula is C51H52F2N10O7S. The number of ether oxygens (including phenoxy) is 1. The Bertz CT molecular complexity index is 3180.